The van der Waals surface area contributed by atoms with Crippen LogP contribution in [0.5, 0.6) is 0 Å². The normalized spacial score (nSPS) is 14.8. The highest BCUT2D eigenvalue weighted by molar-refractivity contribution is 6.31. The lowest BCUT2D eigenvalue weighted by molar-refractivity contribution is -0.131. The lowest BCUT2D eigenvalue weighted by Gasteiger charge is -2.36. The first-order valence-electron chi connectivity index (χ1n) is 8.46. The molecule has 0 saturated carbocycles. The van der Waals surface area contributed by atoms with Crippen molar-refractivity contribution < 1.29 is 4.79 Å². The molecule has 4 heteroatoms. The number of hydrogen-bond acceptors (Lipinski definition) is 2. The van der Waals surface area contributed by atoms with E-state index in [-0.39, 0.29) is 5.91 Å². The number of rotatable bonds is 4. The molecule has 3 rings (SSSR count). The number of benzene rings is 2. The molecule has 0 aliphatic carbocycles. The second kappa shape index (κ2) is 7.71. The number of piperazine rings is 1. The van der Waals surface area contributed by atoms with Crippen molar-refractivity contribution in [2.75, 3.05) is 31.1 Å². The number of aryl methyl sites for hydroxylation is 2. The molecule has 1 aliphatic heterocycles. The molecule has 1 saturated heterocycles. The van der Waals surface area contributed by atoms with Crippen LogP contribution in [0.15, 0.2) is 48.5 Å². The summed E-state index contributed by atoms with van der Waals surface area (Å²) in [4.78, 5) is 16.8. The molecule has 0 atom stereocenters. The van der Waals surface area contributed by atoms with E-state index in [1.165, 1.54) is 11.3 Å². The van der Waals surface area contributed by atoms with Gasteiger partial charge in [0.1, 0.15) is 0 Å². The summed E-state index contributed by atoms with van der Waals surface area (Å²) in [5.74, 6) is 0.221. The van der Waals surface area contributed by atoms with Crippen LogP contribution in [0.2, 0.25) is 5.02 Å². The van der Waals surface area contributed by atoms with Crippen molar-refractivity contribution in [3.63, 3.8) is 0 Å². The van der Waals surface area contributed by atoms with Crippen molar-refractivity contribution in [3.8, 4) is 0 Å². The number of halogens is 1. The zero-order valence-corrected chi connectivity index (χ0v) is 14.8. The summed E-state index contributed by atoms with van der Waals surface area (Å²) in [5, 5.41) is 0.745. The predicted molar refractivity (Wildman–Crippen MR) is 99.7 cm³/mol. The van der Waals surface area contributed by atoms with Crippen molar-refractivity contribution >= 4 is 23.2 Å². The first kappa shape index (κ1) is 16.8. The largest absolute Gasteiger partial charge is 0.368 e. The number of amides is 1. The van der Waals surface area contributed by atoms with Gasteiger partial charge in [0.15, 0.2) is 0 Å². The smallest absolute Gasteiger partial charge is 0.223 e. The second-order valence-corrected chi connectivity index (χ2v) is 6.71. The Morgan fingerprint density at radius 3 is 2.50 bits per heavy atom. The minimum absolute atomic E-state index is 0.221. The minimum Gasteiger partial charge on any atom is -0.368 e. The first-order valence-corrected chi connectivity index (χ1v) is 8.84. The molecular weight excluding hydrogens is 320 g/mol. The molecule has 1 aliphatic rings. The fourth-order valence-corrected chi connectivity index (χ4v) is 3.37. The van der Waals surface area contributed by atoms with Crippen LogP contribution >= 0.6 is 11.6 Å². The fourth-order valence-electron chi connectivity index (χ4n) is 3.14. The van der Waals surface area contributed by atoms with Gasteiger partial charge in [-0.15, -0.1) is 0 Å². The zero-order valence-electron chi connectivity index (χ0n) is 14.0. The van der Waals surface area contributed by atoms with Crippen LogP contribution in [0.4, 0.5) is 5.69 Å². The maximum Gasteiger partial charge on any atom is 0.223 e. The van der Waals surface area contributed by atoms with Crippen LogP contribution in [0.1, 0.15) is 17.5 Å². The third-order valence-corrected chi connectivity index (χ3v) is 4.93. The molecule has 3 nitrogen and oxygen atoms in total. The van der Waals surface area contributed by atoms with E-state index in [9.17, 15) is 4.79 Å². The molecule has 1 heterocycles. The highest BCUT2D eigenvalue weighted by Crippen LogP contribution is 2.19. The summed E-state index contributed by atoms with van der Waals surface area (Å²) < 4.78 is 0. The predicted octanol–water partition coefficient (Wildman–Crippen LogP) is 3.93. The molecule has 1 fully saturated rings. The summed E-state index contributed by atoms with van der Waals surface area (Å²) in [6, 6.07) is 16.3. The molecule has 24 heavy (non-hydrogen) atoms. The summed E-state index contributed by atoms with van der Waals surface area (Å²) in [6.07, 6.45) is 1.23. The molecule has 0 unspecified atom stereocenters. The van der Waals surface area contributed by atoms with E-state index < -0.39 is 0 Å². The highest BCUT2D eigenvalue weighted by atomic mass is 35.5. The number of hydrogen-bond donors (Lipinski definition) is 0. The molecule has 2 aromatic carbocycles. The minimum atomic E-state index is 0.221. The maximum absolute atomic E-state index is 12.4. The summed E-state index contributed by atoms with van der Waals surface area (Å²) in [5.41, 5.74) is 3.56. The Balaban J connectivity index is 1.51. The third-order valence-electron chi connectivity index (χ3n) is 4.57. The van der Waals surface area contributed by atoms with Crippen molar-refractivity contribution in [1.82, 2.24) is 4.90 Å². The summed E-state index contributed by atoms with van der Waals surface area (Å²) in [6.45, 7) is 5.46. The molecule has 126 valence electrons. The van der Waals surface area contributed by atoms with Crippen LogP contribution in [-0.2, 0) is 11.2 Å². The van der Waals surface area contributed by atoms with Crippen LogP contribution in [0.3, 0.4) is 0 Å². The van der Waals surface area contributed by atoms with Crippen LogP contribution < -0.4 is 4.90 Å². The number of nitrogens with zero attached hydrogens (tertiary/aromatic N) is 2. The Hall–Kier alpha value is -2.00. The van der Waals surface area contributed by atoms with Crippen LogP contribution in [0.25, 0.3) is 0 Å². The third kappa shape index (κ3) is 4.09. The van der Waals surface area contributed by atoms with Crippen LogP contribution in [0, 0.1) is 6.92 Å². The van der Waals surface area contributed by atoms with E-state index in [2.05, 4.69) is 36.1 Å². The van der Waals surface area contributed by atoms with E-state index in [0.717, 1.165) is 36.8 Å². The molecule has 0 radical (unpaired) electrons. The number of carbonyl (C=O) groups is 1. The van der Waals surface area contributed by atoms with E-state index in [0.29, 0.717) is 12.8 Å². The molecule has 0 aromatic heterocycles. The van der Waals surface area contributed by atoms with Crippen molar-refractivity contribution in [2.24, 2.45) is 0 Å². The van der Waals surface area contributed by atoms with Gasteiger partial charge in [-0.3, -0.25) is 4.79 Å². The first-order chi connectivity index (χ1) is 11.6. The lowest BCUT2D eigenvalue weighted by Crippen LogP contribution is -2.48. The van der Waals surface area contributed by atoms with E-state index in [1.807, 2.05) is 29.2 Å². The van der Waals surface area contributed by atoms with Crippen LogP contribution in [-0.4, -0.2) is 37.0 Å². The topological polar surface area (TPSA) is 23.6 Å². The Morgan fingerprint density at radius 1 is 1.04 bits per heavy atom. The molecule has 0 bridgehead atoms. The number of carbonyl (C=O) groups excluding carboxylic acids is 1. The molecule has 0 spiro atoms. The molecule has 0 N–H and O–H groups in total. The van der Waals surface area contributed by atoms with Gasteiger partial charge in [-0.2, -0.15) is 0 Å². The monoisotopic (exact) mass is 342 g/mol. The molecular formula is C20H23ClN2O. The zero-order chi connectivity index (χ0) is 16.9. The van der Waals surface area contributed by atoms with Gasteiger partial charge in [-0.1, -0.05) is 41.9 Å². The second-order valence-electron chi connectivity index (χ2n) is 6.30. The van der Waals surface area contributed by atoms with Gasteiger partial charge in [-0.05, 0) is 42.7 Å². The van der Waals surface area contributed by atoms with Gasteiger partial charge in [-0.25, -0.2) is 0 Å². The van der Waals surface area contributed by atoms with E-state index in [4.69, 9.17) is 11.6 Å². The Labute approximate surface area is 148 Å². The highest BCUT2D eigenvalue weighted by Gasteiger charge is 2.21. The standard InChI is InChI=1S/C20H23ClN2O/c1-16-5-4-7-18(15-16)22-11-13-23(14-12-22)20(24)10-9-17-6-2-3-8-19(17)21/h2-8,15H,9-14H2,1H3. The maximum atomic E-state index is 12.4. The van der Waals surface area contributed by atoms with E-state index >= 15 is 0 Å². The Bertz CT molecular complexity index is 708. The van der Waals surface area contributed by atoms with Gasteiger partial charge in [0.05, 0.1) is 0 Å². The molecule has 2 aromatic rings. The van der Waals surface area contributed by atoms with Gasteiger partial charge in [0.25, 0.3) is 0 Å². The van der Waals surface area contributed by atoms with Gasteiger partial charge in [0.2, 0.25) is 5.91 Å². The fraction of sp³-hybridized carbons (Fsp3) is 0.350. The Kier molecular flexibility index (Phi) is 5.41. The average Bonchev–Trinajstić information content (AvgIpc) is 2.61. The summed E-state index contributed by atoms with van der Waals surface area (Å²) in [7, 11) is 0. The average molecular weight is 343 g/mol. The number of anilines is 1. The van der Waals surface area contributed by atoms with Crippen molar-refractivity contribution in [1.29, 1.82) is 0 Å². The SMILES string of the molecule is Cc1cccc(N2CCN(C(=O)CCc3ccccc3Cl)CC2)c1. The van der Waals surface area contributed by atoms with Gasteiger partial charge in [0, 0.05) is 43.3 Å². The van der Waals surface area contributed by atoms with Crippen molar-refractivity contribution in [3.05, 3.63) is 64.7 Å². The van der Waals surface area contributed by atoms with Gasteiger partial charge < -0.3 is 9.80 Å². The molecule has 1 amide bonds. The summed E-state index contributed by atoms with van der Waals surface area (Å²) >= 11 is 6.16. The Morgan fingerprint density at radius 2 is 1.79 bits per heavy atom. The van der Waals surface area contributed by atoms with Crippen molar-refractivity contribution in [2.45, 2.75) is 19.8 Å². The quantitative estimate of drug-likeness (QED) is 0.840. The van der Waals surface area contributed by atoms with Gasteiger partial charge >= 0.3 is 0 Å². The lowest BCUT2D eigenvalue weighted by atomic mass is 10.1. The van der Waals surface area contributed by atoms with E-state index in [1.54, 1.807) is 0 Å².